The molecule has 23 heavy (non-hydrogen) atoms. The number of hydrogen-bond acceptors (Lipinski definition) is 2. The van der Waals surface area contributed by atoms with Crippen LogP contribution in [0.4, 0.5) is 0 Å². The minimum Gasteiger partial charge on any atom is -0.269 e. The van der Waals surface area contributed by atoms with Crippen molar-refractivity contribution in [3.8, 4) is 11.3 Å². The molecule has 0 aliphatic carbocycles. The molecule has 0 atom stereocenters. The van der Waals surface area contributed by atoms with Gasteiger partial charge in [0.1, 0.15) is 5.65 Å². The quantitative estimate of drug-likeness (QED) is 0.529. The number of pyridine rings is 1. The van der Waals surface area contributed by atoms with E-state index in [9.17, 15) is 4.79 Å². The maximum Gasteiger partial charge on any atom is 0.258 e. The highest BCUT2D eigenvalue weighted by Crippen LogP contribution is 2.23. The first-order valence-corrected chi connectivity index (χ1v) is 7.62. The Balaban J connectivity index is 1.99. The molecule has 0 bridgehead atoms. The number of rotatable bonds is 1. The topological polar surface area (TPSA) is 34.4 Å². The summed E-state index contributed by atoms with van der Waals surface area (Å²) in [5.74, 6) is 0. The molecule has 112 valence electrons. The molecule has 0 aliphatic heterocycles. The minimum absolute atomic E-state index is 0.0457. The molecule has 0 N–H and O–H groups in total. The molecule has 4 rings (SSSR count). The van der Waals surface area contributed by atoms with Crippen molar-refractivity contribution in [1.29, 1.82) is 0 Å². The van der Waals surface area contributed by atoms with Gasteiger partial charge in [0.05, 0.1) is 5.69 Å². The average molecular weight is 300 g/mol. The monoisotopic (exact) mass is 300 g/mol. The molecule has 2 aromatic carbocycles. The largest absolute Gasteiger partial charge is 0.269 e. The molecule has 0 amide bonds. The van der Waals surface area contributed by atoms with Crippen LogP contribution in [0, 0.1) is 13.8 Å². The molecule has 0 unspecified atom stereocenters. The van der Waals surface area contributed by atoms with Crippen molar-refractivity contribution in [3.05, 3.63) is 82.3 Å². The van der Waals surface area contributed by atoms with Crippen LogP contribution in [0.5, 0.6) is 0 Å². The molecule has 3 heteroatoms. The zero-order valence-corrected chi connectivity index (χ0v) is 13.1. The van der Waals surface area contributed by atoms with Gasteiger partial charge >= 0.3 is 0 Å². The van der Waals surface area contributed by atoms with E-state index in [0.717, 1.165) is 22.2 Å². The zero-order chi connectivity index (χ0) is 16.0. The third-order valence-electron chi connectivity index (χ3n) is 4.14. The third-order valence-corrected chi connectivity index (χ3v) is 4.14. The van der Waals surface area contributed by atoms with Crippen molar-refractivity contribution in [2.45, 2.75) is 13.8 Å². The molecule has 0 fully saturated rings. The summed E-state index contributed by atoms with van der Waals surface area (Å²) in [6, 6.07) is 19.9. The van der Waals surface area contributed by atoms with Crippen LogP contribution < -0.4 is 5.56 Å². The summed E-state index contributed by atoms with van der Waals surface area (Å²) in [5, 5.41) is 2.33. The molecule has 0 radical (unpaired) electrons. The van der Waals surface area contributed by atoms with Gasteiger partial charge in [-0.25, -0.2) is 4.98 Å². The molecule has 0 saturated carbocycles. The van der Waals surface area contributed by atoms with Gasteiger partial charge in [-0.3, -0.25) is 9.20 Å². The van der Waals surface area contributed by atoms with Crippen LogP contribution in [-0.4, -0.2) is 9.38 Å². The van der Waals surface area contributed by atoms with Gasteiger partial charge in [0.2, 0.25) is 0 Å². The van der Waals surface area contributed by atoms with Crippen molar-refractivity contribution in [1.82, 2.24) is 9.38 Å². The van der Waals surface area contributed by atoms with Crippen molar-refractivity contribution in [2.24, 2.45) is 0 Å². The maximum absolute atomic E-state index is 12.5. The van der Waals surface area contributed by atoms with E-state index < -0.39 is 0 Å². The van der Waals surface area contributed by atoms with Crippen molar-refractivity contribution < 1.29 is 0 Å². The molecule has 2 aromatic heterocycles. The lowest BCUT2D eigenvalue weighted by Gasteiger charge is -2.09. The first-order chi connectivity index (χ1) is 11.1. The summed E-state index contributed by atoms with van der Waals surface area (Å²) < 4.78 is 1.65. The van der Waals surface area contributed by atoms with E-state index in [-0.39, 0.29) is 5.56 Å². The van der Waals surface area contributed by atoms with Crippen LogP contribution >= 0.6 is 0 Å². The second-order valence-corrected chi connectivity index (χ2v) is 5.91. The standard InChI is InChI=1S/C20H16N2O/c1-13-9-14(2)22-19(10-13)21-18(12-20(22)23)17-8-7-15-5-3-4-6-16(15)11-17/h3-12H,1-2H3. The highest BCUT2D eigenvalue weighted by atomic mass is 16.1. The lowest BCUT2D eigenvalue weighted by Crippen LogP contribution is -2.16. The minimum atomic E-state index is -0.0457. The Labute approximate surface area is 133 Å². The molecule has 3 nitrogen and oxygen atoms in total. The van der Waals surface area contributed by atoms with Crippen LogP contribution in [0.2, 0.25) is 0 Å². The maximum atomic E-state index is 12.5. The van der Waals surface area contributed by atoms with Gasteiger partial charge in [-0.15, -0.1) is 0 Å². The second-order valence-electron chi connectivity index (χ2n) is 5.91. The van der Waals surface area contributed by atoms with Crippen LogP contribution in [-0.2, 0) is 0 Å². The first kappa shape index (κ1) is 13.7. The summed E-state index contributed by atoms with van der Waals surface area (Å²) in [4.78, 5) is 17.2. The lowest BCUT2D eigenvalue weighted by molar-refractivity contribution is 0.986. The summed E-state index contributed by atoms with van der Waals surface area (Å²) in [6.07, 6.45) is 0. The summed E-state index contributed by atoms with van der Waals surface area (Å²) in [6.45, 7) is 3.95. The number of benzene rings is 2. The van der Waals surface area contributed by atoms with E-state index in [4.69, 9.17) is 4.98 Å². The van der Waals surface area contributed by atoms with Crippen molar-refractivity contribution in [2.75, 3.05) is 0 Å². The van der Waals surface area contributed by atoms with E-state index in [1.165, 1.54) is 5.39 Å². The summed E-state index contributed by atoms with van der Waals surface area (Å²) in [7, 11) is 0. The molecular weight excluding hydrogens is 284 g/mol. The van der Waals surface area contributed by atoms with Gasteiger partial charge in [-0.05, 0) is 48.4 Å². The number of hydrogen-bond donors (Lipinski definition) is 0. The highest BCUT2D eigenvalue weighted by molar-refractivity contribution is 5.86. The third kappa shape index (κ3) is 2.30. The fraction of sp³-hybridized carbons (Fsp3) is 0.100. The Morgan fingerprint density at radius 1 is 0.870 bits per heavy atom. The number of nitrogens with zero attached hydrogens (tertiary/aromatic N) is 2. The van der Waals surface area contributed by atoms with Crippen LogP contribution in [0.3, 0.4) is 0 Å². The zero-order valence-electron chi connectivity index (χ0n) is 13.1. The molecule has 4 aromatic rings. The Morgan fingerprint density at radius 3 is 2.48 bits per heavy atom. The van der Waals surface area contributed by atoms with Crippen molar-refractivity contribution >= 4 is 16.4 Å². The molecule has 0 saturated heterocycles. The molecule has 0 spiro atoms. The summed E-state index contributed by atoms with van der Waals surface area (Å²) >= 11 is 0. The van der Waals surface area contributed by atoms with Crippen LogP contribution in [0.25, 0.3) is 27.7 Å². The van der Waals surface area contributed by atoms with E-state index in [1.54, 1.807) is 10.5 Å². The second kappa shape index (κ2) is 5.06. The van der Waals surface area contributed by atoms with E-state index in [2.05, 4.69) is 24.3 Å². The Kier molecular flexibility index (Phi) is 3.01. The highest BCUT2D eigenvalue weighted by Gasteiger charge is 2.07. The van der Waals surface area contributed by atoms with E-state index >= 15 is 0 Å². The number of fused-ring (bicyclic) bond motifs is 2. The lowest BCUT2D eigenvalue weighted by atomic mass is 10.0. The Bertz CT molecular complexity index is 1110. The van der Waals surface area contributed by atoms with Gasteiger partial charge < -0.3 is 0 Å². The molecule has 0 aliphatic rings. The normalized spacial score (nSPS) is 11.2. The Morgan fingerprint density at radius 2 is 1.65 bits per heavy atom. The van der Waals surface area contributed by atoms with E-state index in [0.29, 0.717) is 11.3 Å². The predicted octanol–water partition coefficient (Wildman–Crippen LogP) is 4.13. The van der Waals surface area contributed by atoms with Crippen molar-refractivity contribution in [3.63, 3.8) is 0 Å². The number of aromatic nitrogens is 2. The van der Waals surface area contributed by atoms with E-state index in [1.807, 2.05) is 44.2 Å². The molecule has 2 heterocycles. The fourth-order valence-corrected chi connectivity index (χ4v) is 3.09. The van der Waals surface area contributed by atoms with Gasteiger partial charge in [-0.1, -0.05) is 36.4 Å². The molecular formula is C20H16N2O. The first-order valence-electron chi connectivity index (χ1n) is 7.62. The number of aryl methyl sites for hydroxylation is 2. The fourth-order valence-electron chi connectivity index (χ4n) is 3.09. The van der Waals surface area contributed by atoms with Gasteiger partial charge in [0, 0.05) is 17.3 Å². The van der Waals surface area contributed by atoms with Gasteiger partial charge in [0.15, 0.2) is 0 Å². The Hall–Kier alpha value is -2.94. The van der Waals surface area contributed by atoms with Crippen LogP contribution in [0.1, 0.15) is 11.3 Å². The van der Waals surface area contributed by atoms with Crippen LogP contribution in [0.15, 0.2) is 65.5 Å². The SMILES string of the molecule is Cc1cc(C)n2c(=O)cc(-c3ccc4ccccc4c3)nc2c1. The van der Waals surface area contributed by atoms with Gasteiger partial charge in [0.25, 0.3) is 5.56 Å². The summed E-state index contributed by atoms with van der Waals surface area (Å²) in [5.41, 5.74) is 4.33. The smallest absolute Gasteiger partial charge is 0.258 e. The predicted molar refractivity (Wildman–Crippen MR) is 93.9 cm³/mol. The average Bonchev–Trinajstić information content (AvgIpc) is 2.53. The van der Waals surface area contributed by atoms with Gasteiger partial charge in [-0.2, -0.15) is 0 Å².